The van der Waals surface area contributed by atoms with Gasteiger partial charge in [0.2, 0.25) is 0 Å². The van der Waals surface area contributed by atoms with Gasteiger partial charge in [0.1, 0.15) is 0 Å². The summed E-state index contributed by atoms with van der Waals surface area (Å²) in [4.78, 5) is 11.4. The molecule has 0 saturated carbocycles. The molecular formula is C19H23NO2. The number of nitrogen functional groups attached to an aromatic ring is 1. The Kier molecular flexibility index (Phi) is 6.01. The van der Waals surface area contributed by atoms with Gasteiger partial charge in [0.05, 0.1) is 5.92 Å². The Morgan fingerprint density at radius 2 is 1.55 bits per heavy atom. The lowest BCUT2D eigenvalue weighted by molar-refractivity contribution is -0.142. The first kappa shape index (κ1) is 16.1. The average Bonchev–Trinajstić information content (AvgIpc) is 2.53. The summed E-state index contributed by atoms with van der Waals surface area (Å²) in [6.45, 7) is 0. The van der Waals surface area contributed by atoms with E-state index in [9.17, 15) is 9.90 Å². The number of aryl methyl sites for hydroxylation is 2. The van der Waals surface area contributed by atoms with Crippen LogP contribution in [0.5, 0.6) is 0 Å². The Morgan fingerprint density at radius 3 is 2.18 bits per heavy atom. The molecular weight excluding hydrogens is 274 g/mol. The number of hydrogen-bond donors (Lipinski definition) is 2. The van der Waals surface area contributed by atoms with Crippen LogP contribution in [-0.4, -0.2) is 11.1 Å². The maximum absolute atomic E-state index is 11.4. The minimum absolute atomic E-state index is 0.277. The maximum atomic E-state index is 11.4. The quantitative estimate of drug-likeness (QED) is 0.726. The fraction of sp³-hybridized carbons (Fsp3) is 0.316. The molecule has 0 saturated heterocycles. The summed E-state index contributed by atoms with van der Waals surface area (Å²) in [6, 6.07) is 17.9. The third kappa shape index (κ3) is 5.24. The van der Waals surface area contributed by atoms with E-state index in [1.807, 2.05) is 42.5 Å². The fourth-order valence-corrected chi connectivity index (χ4v) is 2.61. The SMILES string of the molecule is Nc1ccc(CCC(CCCc2ccccc2)C(=O)O)cc1. The lowest BCUT2D eigenvalue weighted by Gasteiger charge is -2.12. The maximum Gasteiger partial charge on any atom is 0.306 e. The second kappa shape index (κ2) is 8.23. The van der Waals surface area contributed by atoms with Crippen molar-refractivity contribution in [3.8, 4) is 0 Å². The molecule has 0 bridgehead atoms. The molecule has 116 valence electrons. The van der Waals surface area contributed by atoms with Crippen LogP contribution < -0.4 is 5.73 Å². The van der Waals surface area contributed by atoms with Crippen LogP contribution >= 0.6 is 0 Å². The van der Waals surface area contributed by atoms with Crippen LogP contribution in [0.25, 0.3) is 0 Å². The van der Waals surface area contributed by atoms with Crippen molar-refractivity contribution in [3.05, 3.63) is 65.7 Å². The molecule has 0 heterocycles. The van der Waals surface area contributed by atoms with Gasteiger partial charge in [0.15, 0.2) is 0 Å². The lowest BCUT2D eigenvalue weighted by atomic mass is 9.93. The summed E-state index contributed by atoms with van der Waals surface area (Å²) in [7, 11) is 0. The number of carboxylic acids is 1. The summed E-state index contributed by atoms with van der Waals surface area (Å²) < 4.78 is 0. The van der Waals surface area contributed by atoms with Gasteiger partial charge in [-0.2, -0.15) is 0 Å². The standard InChI is InChI=1S/C19H23NO2/c20-18-13-10-16(11-14-18)9-12-17(19(21)22)8-4-7-15-5-2-1-3-6-15/h1-3,5-6,10-11,13-14,17H,4,7-9,12,20H2,(H,21,22). The molecule has 3 N–H and O–H groups in total. The molecule has 0 aromatic heterocycles. The zero-order valence-electron chi connectivity index (χ0n) is 12.7. The second-order valence-electron chi connectivity index (χ2n) is 5.69. The molecule has 22 heavy (non-hydrogen) atoms. The number of carboxylic acid groups (broad SMARTS) is 1. The lowest BCUT2D eigenvalue weighted by Crippen LogP contribution is -2.15. The molecule has 2 rings (SSSR count). The van der Waals surface area contributed by atoms with E-state index in [2.05, 4.69) is 12.1 Å². The first-order chi connectivity index (χ1) is 10.6. The number of rotatable bonds is 8. The minimum Gasteiger partial charge on any atom is -0.481 e. The number of hydrogen-bond acceptors (Lipinski definition) is 2. The van der Waals surface area contributed by atoms with Crippen molar-refractivity contribution in [2.24, 2.45) is 5.92 Å². The average molecular weight is 297 g/mol. The fourth-order valence-electron chi connectivity index (χ4n) is 2.61. The van der Waals surface area contributed by atoms with Crippen LogP contribution in [-0.2, 0) is 17.6 Å². The smallest absolute Gasteiger partial charge is 0.306 e. The molecule has 1 unspecified atom stereocenters. The highest BCUT2D eigenvalue weighted by molar-refractivity contribution is 5.69. The molecule has 3 nitrogen and oxygen atoms in total. The summed E-state index contributed by atoms with van der Waals surface area (Å²) in [5.74, 6) is -0.968. The van der Waals surface area contributed by atoms with E-state index in [4.69, 9.17) is 5.73 Å². The molecule has 0 fully saturated rings. The van der Waals surface area contributed by atoms with Crippen LogP contribution in [0.15, 0.2) is 54.6 Å². The van der Waals surface area contributed by atoms with E-state index < -0.39 is 5.97 Å². The first-order valence-corrected chi connectivity index (χ1v) is 7.76. The van der Waals surface area contributed by atoms with Gasteiger partial charge in [-0.1, -0.05) is 42.5 Å². The predicted molar refractivity (Wildman–Crippen MR) is 89.7 cm³/mol. The Hall–Kier alpha value is -2.29. The summed E-state index contributed by atoms with van der Waals surface area (Å²) in [5, 5.41) is 9.37. The molecule has 2 aromatic carbocycles. The predicted octanol–water partition coefficient (Wildman–Crippen LogP) is 3.93. The van der Waals surface area contributed by atoms with Crippen LogP contribution in [0.4, 0.5) is 5.69 Å². The van der Waals surface area contributed by atoms with Gasteiger partial charge in [-0.25, -0.2) is 0 Å². The number of nitrogens with two attached hydrogens (primary N) is 1. The zero-order chi connectivity index (χ0) is 15.8. The van der Waals surface area contributed by atoms with Gasteiger partial charge in [-0.3, -0.25) is 4.79 Å². The largest absolute Gasteiger partial charge is 0.481 e. The third-order valence-corrected chi connectivity index (χ3v) is 3.97. The highest BCUT2D eigenvalue weighted by Gasteiger charge is 2.16. The van der Waals surface area contributed by atoms with Crippen molar-refractivity contribution >= 4 is 11.7 Å². The topological polar surface area (TPSA) is 63.3 Å². The van der Waals surface area contributed by atoms with E-state index in [1.54, 1.807) is 0 Å². The van der Waals surface area contributed by atoms with Crippen LogP contribution in [0.2, 0.25) is 0 Å². The Bertz CT molecular complexity index is 578. The normalized spacial score (nSPS) is 12.0. The Labute approximate surface area is 131 Å². The van der Waals surface area contributed by atoms with Crippen LogP contribution in [0, 0.1) is 5.92 Å². The van der Waals surface area contributed by atoms with Gasteiger partial charge in [-0.05, 0) is 55.4 Å². The van der Waals surface area contributed by atoms with Crippen LogP contribution in [0.3, 0.4) is 0 Å². The van der Waals surface area contributed by atoms with E-state index >= 15 is 0 Å². The molecule has 0 aliphatic carbocycles. The zero-order valence-corrected chi connectivity index (χ0v) is 12.7. The van der Waals surface area contributed by atoms with Crippen molar-refractivity contribution < 1.29 is 9.90 Å². The molecule has 0 radical (unpaired) electrons. The van der Waals surface area contributed by atoms with E-state index in [-0.39, 0.29) is 5.92 Å². The molecule has 0 amide bonds. The van der Waals surface area contributed by atoms with Gasteiger partial charge < -0.3 is 10.8 Å². The Morgan fingerprint density at radius 1 is 0.909 bits per heavy atom. The highest BCUT2D eigenvalue weighted by Crippen LogP contribution is 2.18. The Balaban J connectivity index is 1.79. The molecule has 0 aliphatic rings. The van der Waals surface area contributed by atoms with Gasteiger partial charge in [0, 0.05) is 5.69 Å². The number of carbonyl (C=O) groups is 1. The monoisotopic (exact) mass is 297 g/mol. The van der Waals surface area contributed by atoms with Crippen molar-refractivity contribution in [2.45, 2.75) is 32.1 Å². The van der Waals surface area contributed by atoms with Gasteiger partial charge in [0.25, 0.3) is 0 Å². The molecule has 1 atom stereocenters. The van der Waals surface area contributed by atoms with Gasteiger partial charge in [-0.15, -0.1) is 0 Å². The van der Waals surface area contributed by atoms with Gasteiger partial charge >= 0.3 is 5.97 Å². The number of benzene rings is 2. The van der Waals surface area contributed by atoms with Crippen molar-refractivity contribution in [3.63, 3.8) is 0 Å². The van der Waals surface area contributed by atoms with Crippen molar-refractivity contribution in [2.75, 3.05) is 5.73 Å². The number of anilines is 1. The van der Waals surface area contributed by atoms with Crippen molar-refractivity contribution in [1.82, 2.24) is 0 Å². The van der Waals surface area contributed by atoms with Crippen molar-refractivity contribution in [1.29, 1.82) is 0 Å². The van der Waals surface area contributed by atoms with E-state index in [0.29, 0.717) is 6.42 Å². The molecule has 0 spiro atoms. The first-order valence-electron chi connectivity index (χ1n) is 7.76. The summed E-state index contributed by atoms with van der Waals surface area (Å²) in [6.07, 6.45) is 4.02. The minimum atomic E-state index is -0.691. The molecule has 0 aliphatic heterocycles. The number of aliphatic carboxylic acids is 1. The highest BCUT2D eigenvalue weighted by atomic mass is 16.4. The van der Waals surface area contributed by atoms with E-state index in [0.717, 1.165) is 36.9 Å². The van der Waals surface area contributed by atoms with E-state index in [1.165, 1.54) is 5.56 Å². The summed E-state index contributed by atoms with van der Waals surface area (Å²) >= 11 is 0. The summed E-state index contributed by atoms with van der Waals surface area (Å²) in [5.41, 5.74) is 8.81. The van der Waals surface area contributed by atoms with Crippen LogP contribution in [0.1, 0.15) is 30.4 Å². The third-order valence-electron chi connectivity index (χ3n) is 3.97. The molecule has 2 aromatic rings. The second-order valence-corrected chi connectivity index (χ2v) is 5.69. The molecule has 3 heteroatoms.